The van der Waals surface area contributed by atoms with Crippen molar-refractivity contribution < 1.29 is 19.8 Å². The molecule has 0 bridgehead atoms. The zero-order valence-electron chi connectivity index (χ0n) is 7.15. The van der Waals surface area contributed by atoms with Gasteiger partial charge in [0.15, 0.2) is 0 Å². The van der Waals surface area contributed by atoms with Gasteiger partial charge in [-0.25, -0.2) is 0 Å². The second-order valence-electron chi connectivity index (χ2n) is 2.07. The van der Waals surface area contributed by atoms with E-state index in [0.29, 0.717) is 0 Å². The molecule has 0 atom stereocenters. The Hall–Kier alpha value is -1.14. The summed E-state index contributed by atoms with van der Waals surface area (Å²) >= 11 is 0. The molecule has 0 rings (SSSR count). The number of nitrogens with two attached hydrogens (primary N) is 1. The molecule has 0 aliphatic rings. The zero-order chi connectivity index (χ0) is 10.1. The lowest BCUT2D eigenvalue weighted by Crippen LogP contribution is -2.24. The average Bonchev–Trinajstić information content (AvgIpc) is 2.04. The van der Waals surface area contributed by atoms with Crippen molar-refractivity contribution >= 4 is 11.8 Å². The minimum atomic E-state index is -0.690. The molecule has 0 fully saturated rings. The van der Waals surface area contributed by atoms with E-state index < -0.39 is 19.1 Å². The molecule has 4 N–H and O–H groups in total. The van der Waals surface area contributed by atoms with Crippen molar-refractivity contribution in [3.8, 4) is 0 Å². The molecule has 0 aromatic rings. The number of aliphatic hydroxyl groups excluding tert-OH is 2. The van der Waals surface area contributed by atoms with E-state index in [-0.39, 0.29) is 5.91 Å². The molecule has 0 aromatic carbocycles. The highest BCUT2D eigenvalue weighted by Gasteiger charge is 1.96. The van der Waals surface area contributed by atoms with Gasteiger partial charge in [0.2, 0.25) is 11.8 Å². The lowest BCUT2D eigenvalue weighted by molar-refractivity contribution is -0.131. The number of amides is 2. The molecule has 0 radical (unpaired) electrons. The number of rotatable bonds is 2. The number of nitrogens with zero attached hydrogens (tertiary/aromatic N) is 1. The molecular weight excluding hydrogens is 164 g/mol. The highest BCUT2D eigenvalue weighted by Crippen LogP contribution is 1.71. The van der Waals surface area contributed by atoms with Crippen molar-refractivity contribution in [2.75, 3.05) is 27.3 Å². The first-order chi connectivity index (χ1) is 5.45. The number of hydrogen-bond donors (Lipinski definition) is 3. The van der Waals surface area contributed by atoms with Gasteiger partial charge in [-0.05, 0) is 0 Å². The Bertz CT molecular complexity index is 146. The number of aliphatic hydroxyl groups is 2. The van der Waals surface area contributed by atoms with E-state index in [2.05, 4.69) is 5.73 Å². The van der Waals surface area contributed by atoms with E-state index >= 15 is 0 Å². The number of carbonyl (C=O) groups is 2. The van der Waals surface area contributed by atoms with Gasteiger partial charge in [-0.3, -0.25) is 9.59 Å². The molecule has 12 heavy (non-hydrogen) atoms. The molecule has 72 valence electrons. The van der Waals surface area contributed by atoms with Crippen LogP contribution in [0, 0.1) is 0 Å². The molecule has 0 aliphatic heterocycles. The van der Waals surface area contributed by atoms with E-state index in [9.17, 15) is 9.59 Å². The molecular formula is C6H14N2O4. The molecule has 2 amide bonds. The van der Waals surface area contributed by atoms with Crippen molar-refractivity contribution in [2.24, 2.45) is 5.73 Å². The lowest BCUT2D eigenvalue weighted by atomic mass is 10.6. The van der Waals surface area contributed by atoms with Gasteiger partial charge in [-0.2, -0.15) is 0 Å². The van der Waals surface area contributed by atoms with Crippen LogP contribution in [0.1, 0.15) is 0 Å². The lowest BCUT2D eigenvalue weighted by Gasteiger charge is -2.05. The Kier molecular flexibility index (Phi) is 8.92. The third kappa shape index (κ3) is 11.6. The highest BCUT2D eigenvalue weighted by atomic mass is 16.3. The van der Waals surface area contributed by atoms with Crippen LogP contribution in [0.3, 0.4) is 0 Å². The van der Waals surface area contributed by atoms with Crippen molar-refractivity contribution in [1.29, 1.82) is 0 Å². The Morgan fingerprint density at radius 1 is 1.25 bits per heavy atom. The highest BCUT2D eigenvalue weighted by molar-refractivity contribution is 5.76. The summed E-state index contributed by atoms with van der Waals surface area (Å²) in [4.78, 5) is 20.9. The van der Waals surface area contributed by atoms with Crippen molar-refractivity contribution in [3.05, 3.63) is 0 Å². The van der Waals surface area contributed by atoms with Crippen LogP contribution in [0.4, 0.5) is 0 Å². The molecule has 6 heteroatoms. The molecule has 0 spiro atoms. The van der Waals surface area contributed by atoms with Gasteiger partial charge in [0, 0.05) is 14.1 Å². The third-order valence-electron chi connectivity index (χ3n) is 0.790. The predicted octanol–water partition coefficient (Wildman–Crippen LogP) is -2.47. The van der Waals surface area contributed by atoms with E-state index in [1.165, 1.54) is 4.90 Å². The van der Waals surface area contributed by atoms with Crippen molar-refractivity contribution in [3.63, 3.8) is 0 Å². The van der Waals surface area contributed by atoms with Gasteiger partial charge in [0.25, 0.3) is 0 Å². The fourth-order valence-electron chi connectivity index (χ4n) is 0.141. The summed E-state index contributed by atoms with van der Waals surface area (Å²) in [6.45, 7) is -0.951. The molecule has 0 aromatic heterocycles. The number of likely N-dealkylation sites (N-methyl/N-ethyl adjacent to an activating group) is 1. The first-order valence-electron chi connectivity index (χ1n) is 3.15. The van der Waals surface area contributed by atoms with Gasteiger partial charge in [-0.15, -0.1) is 0 Å². The minimum Gasteiger partial charge on any atom is -0.387 e. The van der Waals surface area contributed by atoms with Crippen LogP contribution in [0.5, 0.6) is 0 Å². The van der Waals surface area contributed by atoms with E-state index in [1.54, 1.807) is 14.1 Å². The van der Waals surface area contributed by atoms with E-state index in [4.69, 9.17) is 10.2 Å². The Morgan fingerprint density at radius 3 is 1.58 bits per heavy atom. The Balaban J connectivity index is 0. The predicted molar refractivity (Wildman–Crippen MR) is 42.1 cm³/mol. The monoisotopic (exact) mass is 178 g/mol. The second-order valence-corrected chi connectivity index (χ2v) is 2.07. The molecule has 0 heterocycles. The van der Waals surface area contributed by atoms with Gasteiger partial charge < -0.3 is 20.8 Å². The minimum absolute atomic E-state index is 0.264. The van der Waals surface area contributed by atoms with Gasteiger partial charge >= 0.3 is 0 Å². The normalized spacial score (nSPS) is 8.00. The van der Waals surface area contributed by atoms with Crippen molar-refractivity contribution in [2.45, 2.75) is 0 Å². The molecule has 0 saturated carbocycles. The largest absolute Gasteiger partial charge is 0.387 e. The summed E-state index contributed by atoms with van der Waals surface area (Å²) in [7, 11) is 3.19. The van der Waals surface area contributed by atoms with Crippen LogP contribution in [0.2, 0.25) is 0 Å². The molecule has 0 unspecified atom stereocenters. The maximum absolute atomic E-state index is 10.2. The van der Waals surface area contributed by atoms with Crippen LogP contribution in [-0.2, 0) is 9.59 Å². The van der Waals surface area contributed by atoms with Crippen molar-refractivity contribution in [1.82, 2.24) is 4.90 Å². The summed E-state index contributed by atoms with van der Waals surface area (Å²) in [5.74, 6) is -0.954. The molecule has 0 aliphatic carbocycles. The third-order valence-corrected chi connectivity index (χ3v) is 0.790. The first-order valence-corrected chi connectivity index (χ1v) is 3.15. The van der Waals surface area contributed by atoms with Crippen LogP contribution in [0.25, 0.3) is 0 Å². The first kappa shape index (κ1) is 13.4. The maximum atomic E-state index is 10.2. The Labute approximate surface area is 70.6 Å². The number of hydrogen-bond acceptors (Lipinski definition) is 4. The number of primary amides is 1. The van der Waals surface area contributed by atoms with Gasteiger partial charge in [0.05, 0.1) is 0 Å². The van der Waals surface area contributed by atoms with Gasteiger partial charge in [-0.1, -0.05) is 0 Å². The standard InChI is InChI=1S/C4H9NO2.C2H5NO2/c1-5(2)4(7)3-6;3-2(5)1-4/h6H,3H2,1-2H3;4H,1H2,(H2,3,5). The summed E-state index contributed by atoms with van der Waals surface area (Å²) in [6.07, 6.45) is 0. The van der Waals surface area contributed by atoms with Crippen LogP contribution >= 0.6 is 0 Å². The van der Waals surface area contributed by atoms with Crippen LogP contribution < -0.4 is 5.73 Å². The Morgan fingerprint density at radius 2 is 1.58 bits per heavy atom. The summed E-state index contributed by atoms with van der Waals surface area (Å²) in [5.41, 5.74) is 4.40. The summed E-state index contributed by atoms with van der Waals surface area (Å²) < 4.78 is 0. The average molecular weight is 178 g/mol. The van der Waals surface area contributed by atoms with Gasteiger partial charge in [0.1, 0.15) is 13.2 Å². The molecule has 0 saturated heterocycles. The fraction of sp³-hybridized carbons (Fsp3) is 0.667. The van der Waals surface area contributed by atoms with E-state index in [0.717, 1.165) is 0 Å². The second kappa shape index (κ2) is 7.96. The smallest absolute Gasteiger partial charge is 0.247 e. The topological polar surface area (TPSA) is 104 Å². The maximum Gasteiger partial charge on any atom is 0.247 e. The number of carbonyl (C=O) groups excluding carboxylic acids is 2. The fourth-order valence-corrected chi connectivity index (χ4v) is 0.141. The summed E-state index contributed by atoms with van der Waals surface area (Å²) in [6, 6.07) is 0. The van der Waals surface area contributed by atoms with Crippen LogP contribution in [-0.4, -0.2) is 54.2 Å². The molecule has 6 nitrogen and oxygen atoms in total. The van der Waals surface area contributed by atoms with Crippen LogP contribution in [0.15, 0.2) is 0 Å². The zero-order valence-corrected chi connectivity index (χ0v) is 7.15. The quantitative estimate of drug-likeness (QED) is 0.436. The SMILES string of the molecule is CN(C)C(=O)CO.NC(=O)CO. The van der Waals surface area contributed by atoms with E-state index in [1.807, 2.05) is 0 Å². The summed E-state index contributed by atoms with van der Waals surface area (Å²) in [5, 5.41) is 15.8.